The number of fused-ring (bicyclic) bond motifs is 1. The van der Waals surface area contributed by atoms with Gasteiger partial charge in [-0.05, 0) is 23.8 Å². The highest BCUT2D eigenvalue weighted by molar-refractivity contribution is 5.92. The van der Waals surface area contributed by atoms with Crippen molar-refractivity contribution < 1.29 is 9.47 Å². The number of benzene rings is 1. The maximum absolute atomic E-state index is 5.46. The summed E-state index contributed by atoms with van der Waals surface area (Å²) in [6.45, 7) is 3.98. The number of H-pyrrole nitrogens is 1. The Labute approximate surface area is 151 Å². The van der Waals surface area contributed by atoms with Gasteiger partial charge in [0.25, 0.3) is 0 Å². The Morgan fingerprint density at radius 2 is 2.08 bits per heavy atom. The maximum atomic E-state index is 5.46. The number of rotatable bonds is 3. The summed E-state index contributed by atoms with van der Waals surface area (Å²) in [4.78, 5) is 2.31. The highest BCUT2D eigenvalue weighted by Crippen LogP contribution is 2.32. The van der Waals surface area contributed by atoms with Crippen molar-refractivity contribution in [3.8, 4) is 11.4 Å². The third kappa shape index (κ3) is 2.55. The van der Waals surface area contributed by atoms with Gasteiger partial charge in [-0.2, -0.15) is 10.2 Å². The minimum absolute atomic E-state index is 0.301. The van der Waals surface area contributed by atoms with Crippen LogP contribution in [0, 0.1) is 0 Å². The Bertz CT molecular complexity index is 968. The zero-order chi connectivity index (χ0) is 17.5. The molecule has 0 bridgehead atoms. The molecule has 2 aromatic heterocycles. The number of nitrogens with zero attached hydrogens (tertiary/aromatic N) is 4. The van der Waals surface area contributed by atoms with E-state index in [2.05, 4.69) is 45.4 Å². The van der Waals surface area contributed by atoms with Crippen LogP contribution in [0.4, 0.5) is 5.82 Å². The van der Waals surface area contributed by atoms with Crippen LogP contribution in [0.2, 0.25) is 0 Å². The molecular weight excluding hydrogens is 330 g/mol. The summed E-state index contributed by atoms with van der Waals surface area (Å²) in [6.07, 6.45) is 3.87. The molecule has 1 aromatic carbocycles. The summed E-state index contributed by atoms with van der Waals surface area (Å²) >= 11 is 0. The summed E-state index contributed by atoms with van der Waals surface area (Å²) in [7, 11) is 1.98. The molecule has 0 saturated carbocycles. The summed E-state index contributed by atoms with van der Waals surface area (Å²) in [5, 5.41) is 13.5. The lowest BCUT2D eigenvalue weighted by atomic mass is 9.98. The van der Waals surface area contributed by atoms with E-state index in [1.807, 2.05) is 11.7 Å². The number of morpholine rings is 1. The lowest BCUT2D eigenvalue weighted by Gasteiger charge is -2.28. The second-order valence-corrected chi connectivity index (χ2v) is 6.76. The Hall–Kier alpha value is -2.80. The van der Waals surface area contributed by atoms with Crippen molar-refractivity contribution in [3.63, 3.8) is 0 Å². The minimum atomic E-state index is 0.301. The highest BCUT2D eigenvalue weighted by Gasteiger charge is 2.20. The molecule has 1 unspecified atom stereocenters. The first-order chi connectivity index (χ1) is 12.8. The van der Waals surface area contributed by atoms with Gasteiger partial charge < -0.3 is 14.4 Å². The smallest absolute Gasteiger partial charge is 0.127 e. The average Bonchev–Trinajstić information content (AvgIpc) is 3.41. The van der Waals surface area contributed by atoms with E-state index in [1.165, 1.54) is 5.56 Å². The molecule has 1 fully saturated rings. The number of hydrogen-bond donors (Lipinski definition) is 1. The van der Waals surface area contributed by atoms with E-state index in [-0.39, 0.29) is 0 Å². The van der Waals surface area contributed by atoms with Crippen LogP contribution >= 0.6 is 0 Å². The minimum Gasteiger partial charge on any atom is -0.501 e. The zero-order valence-corrected chi connectivity index (χ0v) is 14.7. The van der Waals surface area contributed by atoms with Crippen LogP contribution in [0.1, 0.15) is 11.5 Å². The van der Waals surface area contributed by atoms with E-state index in [0.717, 1.165) is 54.4 Å². The fourth-order valence-corrected chi connectivity index (χ4v) is 3.69. The van der Waals surface area contributed by atoms with Crippen LogP contribution < -0.4 is 4.90 Å². The van der Waals surface area contributed by atoms with Gasteiger partial charge in [0, 0.05) is 37.5 Å². The fraction of sp³-hybridized carbons (Fsp3) is 0.368. The zero-order valence-electron chi connectivity index (χ0n) is 14.7. The summed E-state index contributed by atoms with van der Waals surface area (Å²) in [5.41, 5.74) is 4.03. The van der Waals surface area contributed by atoms with Crippen LogP contribution in [-0.4, -0.2) is 52.9 Å². The van der Waals surface area contributed by atoms with Gasteiger partial charge in [-0.1, -0.05) is 6.07 Å². The number of aromatic nitrogens is 4. The molecule has 1 saturated heterocycles. The predicted molar refractivity (Wildman–Crippen MR) is 99.2 cm³/mol. The average molecular weight is 351 g/mol. The SMILES string of the molecule is Cn1nc(-c2n[nH]c3ccc(C4C=COC4)cc23)cc1N1CCOCC1. The van der Waals surface area contributed by atoms with E-state index in [0.29, 0.717) is 12.5 Å². The Kier molecular flexibility index (Phi) is 3.67. The van der Waals surface area contributed by atoms with Crippen molar-refractivity contribution in [2.75, 3.05) is 37.8 Å². The maximum Gasteiger partial charge on any atom is 0.127 e. The number of nitrogens with one attached hydrogen (secondary N) is 1. The molecule has 0 radical (unpaired) electrons. The molecule has 0 amide bonds. The molecule has 0 aliphatic carbocycles. The van der Waals surface area contributed by atoms with E-state index >= 15 is 0 Å². The van der Waals surface area contributed by atoms with Crippen molar-refractivity contribution in [2.24, 2.45) is 7.05 Å². The number of aryl methyl sites for hydroxylation is 1. The Morgan fingerprint density at radius 1 is 1.19 bits per heavy atom. The molecule has 26 heavy (non-hydrogen) atoms. The van der Waals surface area contributed by atoms with Gasteiger partial charge >= 0.3 is 0 Å². The van der Waals surface area contributed by atoms with Gasteiger partial charge in [-0.3, -0.25) is 9.78 Å². The third-order valence-corrected chi connectivity index (χ3v) is 5.13. The lowest BCUT2D eigenvalue weighted by molar-refractivity contribution is 0.122. The number of anilines is 1. The van der Waals surface area contributed by atoms with Crippen molar-refractivity contribution in [3.05, 3.63) is 42.2 Å². The second-order valence-electron chi connectivity index (χ2n) is 6.76. The molecule has 1 N–H and O–H groups in total. The molecule has 2 aliphatic rings. The van der Waals surface area contributed by atoms with E-state index < -0.39 is 0 Å². The first-order valence-electron chi connectivity index (χ1n) is 8.93. The first-order valence-corrected chi connectivity index (χ1v) is 8.93. The predicted octanol–water partition coefficient (Wildman–Crippen LogP) is 2.43. The van der Waals surface area contributed by atoms with Gasteiger partial charge in [0.1, 0.15) is 17.2 Å². The standard InChI is InChI=1S/C19H21N5O2/c1-23-18(24-5-8-25-9-6-24)11-17(22-23)19-15-10-13(14-4-7-26-12-14)2-3-16(15)20-21-19/h2-4,7,10-11,14H,5-6,8-9,12H2,1H3,(H,20,21). The largest absolute Gasteiger partial charge is 0.501 e. The molecule has 5 rings (SSSR count). The molecule has 2 aliphatic heterocycles. The van der Waals surface area contributed by atoms with Crippen molar-refractivity contribution in [2.45, 2.75) is 5.92 Å². The van der Waals surface area contributed by atoms with E-state index in [4.69, 9.17) is 14.6 Å². The topological polar surface area (TPSA) is 68.2 Å². The molecule has 7 nitrogen and oxygen atoms in total. The Balaban J connectivity index is 1.54. The van der Waals surface area contributed by atoms with Gasteiger partial charge in [-0.25, -0.2) is 0 Å². The summed E-state index contributed by atoms with van der Waals surface area (Å²) in [5.74, 6) is 1.40. The summed E-state index contributed by atoms with van der Waals surface area (Å²) < 4.78 is 12.8. The summed E-state index contributed by atoms with van der Waals surface area (Å²) in [6, 6.07) is 8.53. The molecular formula is C19H21N5O2. The number of hydrogen-bond acceptors (Lipinski definition) is 5. The molecule has 134 valence electrons. The molecule has 4 heterocycles. The third-order valence-electron chi connectivity index (χ3n) is 5.13. The van der Waals surface area contributed by atoms with E-state index in [1.54, 1.807) is 6.26 Å². The highest BCUT2D eigenvalue weighted by atomic mass is 16.5. The molecule has 0 spiro atoms. The monoisotopic (exact) mass is 351 g/mol. The van der Waals surface area contributed by atoms with Crippen LogP contribution in [0.15, 0.2) is 36.6 Å². The van der Waals surface area contributed by atoms with Crippen LogP contribution in [0.3, 0.4) is 0 Å². The first kappa shape index (κ1) is 15.5. The van der Waals surface area contributed by atoms with E-state index in [9.17, 15) is 0 Å². The number of ether oxygens (including phenoxy) is 2. The van der Waals surface area contributed by atoms with Gasteiger partial charge in [-0.15, -0.1) is 0 Å². The van der Waals surface area contributed by atoms with Crippen molar-refractivity contribution in [1.82, 2.24) is 20.0 Å². The van der Waals surface area contributed by atoms with Crippen LogP contribution in [0.5, 0.6) is 0 Å². The van der Waals surface area contributed by atoms with Gasteiger partial charge in [0.05, 0.1) is 31.6 Å². The van der Waals surface area contributed by atoms with Crippen molar-refractivity contribution in [1.29, 1.82) is 0 Å². The normalized spacial score (nSPS) is 20.0. The van der Waals surface area contributed by atoms with Crippen LogP contribution in [-0.2, 0) is 16.5 Å². The number of aromatic amines is 1. The molecule has 7 heteroatoms. The van der Waals surface area contributed by atoms with Crippen molar-refractivity contribution >= 4 is 16.7 Å². The quantitative estimate of drug-likeness (QED) is 0.785. The fourth-order valence-electron chi connectivity index (χ4n) is 3.69. The lowest BCUT2D eigenvalue weighted by Crippen LogP contribution is -2.37. The van der Waals surface area contributed by atoms with Gasteiger partial charge in [0.2, 0.25) is 0 Å². The second kappa shape index (κ2) is 6.17. The Morgan fingerprint density at radius 3 is 2.88 bits per heavy atom. The van der Waals surface area contributed by atoms with Crippen LogP contribution in [0.25, 0.3) is 22.3 Å². The van der Waals surface area contributed by atoms with Gasteiger partial charge in [0.15, 0.2) is 0 Å². The molecule has 1 atom stereocenters. The molecule has 3 aromatic rings.